The van der Waals surface area contributed by atoms with Gasteiger partial charge in [0, 0.05) is 6.42 Å². The number of hydrogen-bond acceptors (Lipinski definition) is 3. The van der Waals surface area contributed by atoms with Gasteiger partial charge in [0.1, 0.15) is 17.4 Å². The van der Waals surface area contributed by atoms with Crippen molar-refractivity contribution in [3.63, 3.8) is 0 Å². The Bertz CT molecular complexity index is 561. The van der Waals surface area contributed by atoms with Crippen LogP contribution in [0.5, 0.6) is 0 Å². The van der Waals surface area contributed by atoms with Crippen LogP contribution in [-0.2, 0) is 6.42 Å². The maximum atomic E-state index is 11.4. The van der Waals surface area contributed by atoms with Crippen molar-refractivity contribution in [2.24, 2.45) is 0 Å². The van der Waals surface area contributed by atoms with Gasteiger partial charge in [0.25, 0.3) is 5.56 Å². The highest BCUT2D eigenvalue weighted by Gasteiger charge is 2.09. The number of rotatable bonds is 2. The number of nitrogens with one attached hydrogen (secondary N) is 2. The van der Waals surface area contributed by atoms with Crippen molar-refractivity contribution in [1.29, 1.82) is 0 Å². The Morgan fingerprint density at radius 1 is 1.36 bits per heavy atom. The van der Waals surface area contributed by atoms with Gasteiger partial charge in [-0.05, 0) is 6.42 Å². The predicted molar refractivity (Wildman–Crippen MR) is 51.5 cm³/mol. The first-order valence-corrected chi connectivity index (χ1v) is 4.45. The normalized spacial score (nSPS) is 10.9. The molecule has 2 aromatic heterocycles. The van der Waals surface area contributed by atoms with Gasteiger partial charge in [-0.1, -0.05) is 6.92 Å². The summed E-state index contributed by atoms with van der Waals surface area (Å²) in [5.74, 6) is 0.625. The third kappa shape index (κ3) is 1.26. The molecule has 0 bridgehead atoms. The minimum Gasteiger partial charge on any atom is -0.466 e. The molecule has 5 nitrogen and oxygen atoms in total. The van der Waals surface area contributed by atoms with Crippen LogP contribution in [0.2, 0.25) is 0 Å². The summed E-state index contributed by atoms with van der Waals surface area (Å²) in [4.78, 5) is 27.0. The molecule has 0 aromatic carbocycles. The van der Waals surface area contributed by atoms with Gasteiger partial charge in [-0.2, -0.15) is 0 Å². The van der Waals surface area contributed by atoms with Gasteiger partial charge < -0.3 is 9.40 Å². The zero-order valence-electron chi connectivity index (χ0n) is 7.72. The fourth-order valence-electron chi connectivity index (χ4n) is 1.47. The first kappa shape index (κ1) is 8.80. The minimum atomic E-state index is -0.508. The highest BCUT2D eigenvalue weighted by molar-refractivity contribution is 5.78. The van der Waals surface area contributed by atoms with Crippen LogP contribution in [0.15, 0.2) is 20.3 Å². The number of aromatic amines is 2. The molecule has 2 N–H and O–H groups in total. The second-order valence-electron chi connectivity index (χ2n) is 3.11. The molecule has 14 heavy (non-hydrogen) atoms. The van der Waals surface area contributed by atoms with Crippen molar-refractivity contribution in [3.05, 3.63) is 32.9 Å². The molecule has 0 aliphatic heterocycles. The molecule has 2 heterocycles. The fraction of sp³-hybridized carbons (Fsp3) is 0.333. The van der Waals surface area contributed by atoms with Gasteiger partial charge in [0.2, 0.25) is 0 Å². The van der Waals surface area contributed by atoms with Crippen LogP contribution in [0, 0.1) is 0 Å². The van der Waals surface area contributed by atoms with E-state index in [0.717, 1.165) is 6.42 Å². The maximum absolute atomic E-state index is 11.4. The van der Waals surface area contributed by atoms with Crippen LogP contribution in [-0.4, -0.2) is 9.97 Å². The molecule has 0 unspecified atom stereocenters. The number of aromatic nitrogens is 2. The van der Waals surface area contributed by atoms with Gasteiger partial charge in [-0.25, -0.2) is 4.79 Å². The highest BCUT2D eigenvalue weighted by atomic mass is 16.3. The van der Waals surface area contributed by atoms with Crippen LogP contribution < -0.4 is 11.2 Å². The van der Waals surface area contributed by atoms with Crippen molar-refractivity contribution >= 4 is 10.9 Å². The third-order valence-corrected chi connectivity index (χ3v) is 2.05. The van der Waals surface area contributed by atoms with Crippen molar-refractivity contribution in [2.75, 3.05) is 0 Å². The third-order valence-electron chi connectivity index (χ3n) is 2.05. The molecule has 74 valence electrons. The van der Waals surface area contributed by atoms with Crippen LogP contribution in [0.1, 0.15) is 19.1 Å². The molecule has 0 aliphatic rings. The number of hydrogen-bond donors (Lipinski definition) is 2. The summed E-state index contributed by atoms with van der Waals surface area (Å²) in [5, 5.41) is 0.450. The quantitative estimate of drug-likeness (QED) is 0.740. The summed E-state index contributed by atoms with van der Waals surface area (Å²) >= 11 is 0. The Morgan fingerprint density at radius 3 is 2.86 bits per heavy atom. The average Bonchev–Trinajstić information content (AvgIpc) is 2.49. The molecule has 0 saturated heterocycles. The summed E-state index contributed by atoms with van der Waals surface area (Å²) in [6.07, 6.45) is 2.98. The number of furan rings is 1. The van der Waals surface area contributed by atoms with Crippen LogP contribution in [0.25, 0.3) is 10.9 Å². The molecular weight excluding hydrogens is 184 g/mol. The van der Waals surface area contributed by atoms with Gasteiger partial charge in [0.05, 0.1) is 5.52 Å². The molecule has 2 aromatic rings. The SMILES string of the molecule is CCCc1occ2[nH]c(=O)[nH]c(=O)c12. The summed E-state index contributed by atoms with van der Waals surface area (Å²) in [7, 11) is 0. The molecule has 0 spiro atoms. The largest absolute Gasteiger partial charge is 0.466 e. The van der Waals surface area contributed by atoms with Crippen molar-refractivity contribution < 1.29 is 4.42 Å². The minimum absolute atomic E-state index is 0.388. The Hall–Kier alpha value is -1.78. The van der Waals surface area contributed by atoms with Crippen molar-refractivity contribution in [3.8, 4) is 0 Å². The standard InChI is InChI=1S/C9H10N2O3/c1-2-3-6-7-5(4-14-6)10-9(13)11-8(7)12/h4H,2-3H2,1H3,(H2,10,11,12,13). The number of H-pyrrole nitrogens is 2. The Balaban J connectivity index is 2.79. The lowest BCUT2D eigenvalue weighted by molar-refractivity contribution is 0.511. The summed E-state index contributed by atoms with van der Waals surface area (Å²) in [6.45, 7) is 1.99. The summed E-state index contributed by atoms with van der Waals surface area (Å²) < 4.78 is 5.20. The van der Waals surface area contributed by atoms with E-state index in [4.69, 9.17) is 4.42 Å². The second-order valence-corrected chi connectivity index (χ2v) is 3.11. The zero-order valence-corrected chi connectivity index (χ0v) is 7.72. The monoisotopic (exact) mass is 194 g/mol. The molecule has 0 fully saturated rings. The Kier molecular flexibility index (Phi) is 1.99. The van der Waals surface area contributed by atoms with E-state index >= 15 is 0 Å². The molecule has 2 rings (SSSR count). The fourth-order valence-corrected chi connectivity index (χ4v) is 1.47. The molecule has 0 amide bonds. The molecule has 0 saturated carbocycles. The first-order chi connectivity index (χ1) is 6.72. The molecule has 0 atom stereocenters. The first-order valence-electron chi connectivity index (χ1n) is 4.45. The molecule has 0 radical (unpaired) electrons. The molecule has 5 heteroatoms. The van der Waals surface area contributed by atoms with Crippen LogP contribution >= 0.6 is 0 Å². The van der Waals surface area contributed by atoms with E-state index in [0.29, 0.717) is 23.1 Å². The van der Waals surface area contributed by atoms with Gasteiger partial charge >= 0.3 is 5.69 Å². The highest BCUT2D eigenvalue weighted by Crippen LogP contribution is 2.15. The zero-order chi connectivity index (χ0) is 10.1. The molecular formula is C9H10N2O3. The second kappa shape index (κ2) is 3.17. The van der Waals surface area contributed by atoms with E-state index in [1.807, 2.05) is 6.92 Å². The van der Waals surface area contributed by atoms with Crippen molar-refractivity contribution in [1.82, 2.24) is 9.97 Å². The van der Waals surface area contributed by atoms with Gasteiger partial charge in [-0.3, -0.25) is 9.78 Å². The topological polar surface area (TPSA) is 78.9 Å². The molecule has 0 aliphatic carbocycles. The Morgan fingerprint density at radius 2 is 2.14 bits per heavy atom. The number of aryl methyl sites for hydroxylation is 1. The van der Waals surface area contributed by atoms with Crippen LogP contribution in [0.4, 0.5) is 0 Å². The Labute approximate surface area is 78.8 Å². The summed E-state index contributed by atoms with van der Waals surface area (Å²) in [6, 6.07) is 0. The van der Waals surface area contributed by atoms with E-state index in [2.05, 4.69) is 9.97 Å². The average molecular weight is 194 g/mol. The van der Waals surface area contributed by atoms with Crippen LogP contribution in [0.3, 0.4) is 0 Å². The lowest BCUT2D eigenvalue weighted by Crippen LogP contribution is -2.21. The maximum Gasteiger partial charge on any atom is 0.326 e. The van der Waals surface area contributed by atoms with Gasteiger partial charge in [0.15, 0.2) is 0 Å². The lowest BCUT2D eigenvalue weighted by atomic mass is 10.2. The summed E-state index contributed by atoms with van der Waals surface area (Å²) in [5.41, 5.74) is -0.436. The van der Waals surface area contributed by atoms with Crippen molar-refractivity contribution in [2.45, 2.75) is 19.8 Å². The van der Waals surface area contributed by atoms with E-state index < -0.39 is 5.69 Å². The number of fused-ring (bicyclic) bond motifs is 1. The van der Waals surface area contributed by atoms with E-state index in [-0.39, 0.29) is 5.56 Å². The van der Waals surface area contributed by atoms with Gasteiger partial charge in [-0.15, -0.1) is 0 Å². The smallest absolute Gasteiger partial charge is 0.326 e. The van der Waals surface area contributed by atoms with E-state index in [1.165, 1.54) is 6.26 Å². The predicted octanol–water partition coefficient (Wildman–Crippen LogP) is 0.762. The van der Waals surface area contributed by atoms with E-state index in [9.17, 15) is 9.59 Å². The van der Waals surface area contributed by atoms with E-state index in [1.54, 1.807) is 0 Å². The lowest BCUT2D eigenvalue weighted by Gasteiger charge is -1.91.